The van der Waals surface area contributed by atoms with E-state index in [0.29, 0.717) is 27.9 Å². The van der Waals surface area contributed by atoms with E-state index in [1.807, 2.05) is 43.3 Å². The summed E-state index contributed by atoms with van der Waals surface area (Å²) in [6.45, 7) is 2.00. The van der Waals surface area contributed by atoms with E-state index >= 15 is 0 Å². The first-order valence-corrected chi connectivity index (χ1v) is 10.3. The SMILES string of the molecule is CC(I)NC(=S)Nc1ccc2ncc(Nc3ccc(-n4cncn4)cc3)nc2n1. The lowest BCUT2D eigenvalue weighted by atomic mass is 10.3. The fourth-order valence-electron chi connectivity index (χ4n) is 2.55. The lowest BCUT2D eigenvalue weighted by Gasteiger charge is -2.12. The second kappa shape index (κ2) is 8.61. The molecule has 0 aliphatic heterocycles. The van der Waals surface area contributed by atoms with Gasteiger partial charge in [-0.1, -0.05) is 22.6 Å². The molecule has 1 aromatic carbocycles. The molecule has 0 fully saturated rings. The molecule has 1 unspecified atom stereocenters. The average molecular weight is 517 g/mol. The van der Waals surface area contributed by atoms with Crippen molar-refractivity contribution in [1.82, 2.24) is 35.0 Å². The molecule has 0 radical (unpaired) electrons. The van der Waals surface area contributed by atoms with Gasteiger partial charge in [-0.2, -0.15) is 5.10 Å². The number of fused-ring (bicyclic) bond motifs is 1. The summed E-state index contributed by atoms with van der Waals surface area (Å²) in [5.41, 5.74) is 3.01. The third kappa shape index (κ3) is 4.92. The maximum absolute atomic E-state index is 5.26. The molecule has 0 aliphatic rings. The maximum Gasteiger partial charge on any atom is 0.182 e. The van der Waals surface area contributed by atoms with Crippen molar-refractivity contribution in [2.45, 2.75) is 11.0 Å². The number of thiocarbonyl (C=S) groups is 1. The lowest BCUT2D eigenvalue weighted by molar-refractivity contribution is 0.879. The van der Waals surface area contributed by atoms with E-state index in [4.69, 9.17) is 12.2 Å². The number of nitrogens with zero attached hydrogens (tertiary/aromatic N) is 6. The fourth-order valence-corrected chi connectivity index (χ4v) is 3.35. The standard InChI is InChI=1S/C18H16IN9S/c1-11(19)23-18(29)27-15-7-6-14-17(25-15)26-16(8-21-14)24-12-2-4-13(5-3-12)28-10-20-9-22-28/h2-11H,1H3,(H3,23,24,25,26,27,29). The van der Waals surface area contributed by atoms with Gasteiger partial charge in [0.25, 0.3) is 0 Å². The van der Waals surface area contributed by atoms with Crippen molar-refractivity contribution in [1.29, 1.82) is 0 Å². The van der Waals surface area contributed by atoms with E-state index < -0.39 is 0 Å². The second-order valence-corrected chi connectivity index (χ2v) is 8.30. The van der Waals surface area contributed by atoms with Gasteiger partial charge in [-0.25, -0.2) is 24.6 Å². The summed E-state index contributed by atoms with van der Waals surface area (Å²) in [6.07, 6.45) is 4.82. The predicted octanol–water partition coefficient (Wildman–Crippen LogP) is 3.42. The zero-order chi connectivity index (χ0) is 20.2. The Morgan fingerprint density at radius 3 is 2.62 bits per heavy atom. The van der Waals surface area contributed by atoms with Crippen LogP contribution in [0.5, 0.6) is 0 Å². The van der Waals surface area contributed by atoms with Gasteiger partial charge in [0.2, 0.25) is 0 Å². The van der Waals surface area contributed by atoms with Crippen LogP contribution in [0.2, 0.25) is 0 Å². The molecule has 0 aliphatic carbocycles. The number of halogens is 1. The molecular formula is C18H16IN9S. The Morgan fingerprint density at radius 1 is 1.10 bits per heavy atom. The Bertz CT molecular complexity index is 1130. The molecule has 4 rings (SSSR count). The second-order valence-electron chi connectivity index (χ2n) is 6.02. The molecular weight excluding hydrogens is 501 g/mol. The van der Waals surface area contributed by atoms with Crippen LogP contribution < -0.4 is 16.0 Å². The van der Waals surface area contributed by atoms with E-state index in [2.05, 4.69) is 63.6 Å². The zero-order valence-corrected chi connectivity index (χ0v) is 18.2. The first-order valence-electron chi connectivity index (χ1n) is 8.64. The van der Waals surface area contributed by atoms with Crippen LogP contribution >= 0.6 is 34.8 Å². The Morgan fingerprint density at radius 2 is 1.90 bits per heavy atom. The molecule has 3 aromatic heterocycles. The molecule has 3 N–H and O–H groups in total. The molecule has 0 saturated carbocycles. The summed E-state index contributed by atoms with van der Waals surface area (Å²) in [7, 11) is 0. The Labute approximate surface area is 185 Å². The molecule has 1 atom stereocenters. The van der Waals surface area contributed by atoms with Crippen LogP contribution in [-0.2, 0) is 0 Å². The smallest absolute Gasteiger partial charge is 0.182 e. The van der Waals surface area contributed by atoms with Gasteiger partial charge in [-0.15, -0.1) is 0 Å². The van der Waals surface area contributed by atoms with Crippen LogP contribution in [0.25, 0.3) is 16.9 Å². The number of benzene rings is 1. The highest BCUT2D eigenvalue weighted by Gasteiger charge is 2.06. The monoisotopic (exact) mass is 517 g/mol. The van der Waals surface area contributed by atoms with E-state index in [9.17, 15) is 0 Å². The Hall–Kier alpha value is -2.93. The van der Waals surface area contributed by atoms with E-state index in [1.165, 1.54) is 6.33 Å². The number of nitrogens with one attached hydrogen (secondary N) is 3. The number of hydrogen-bond acceptors (Lipinski definition) is 7. The molecule has 29 heavy (non-hydrogen) atoms. The summed E-state index contributed by atoms with van der Waals surface area (Å²) in [4.78, 5) is 17.4. The van der Waals surface area contributed by atoms with Gasteiger partial charge in [0.15, 0.2) is 16.6 Å². The summed E-state index contributed by atoms with van der Waals surface area (Å²) >= 11 is 7.50. The highest BCUT2D eigenvalue weighted by molar-refractivity contribution is 14.1. The number of alkyl halides is 1. The average Bonchev–Trinajstić information content (AvgIpc) is 3.22. The number of pyridine rings is 1. The molecule has 146 valence electrons. The first kappa shape index (κ1) is 19.4. The molecule has 0 spiro atoms. The van der Waals surface area contributed by atoms with Gasteiger partial charge in [0.05, 0.1) is 15.9 Å². The summed E-state index contributed by atoms with van der Waals surface area (Å²) < 4.78 is 1.90. The largest absolute Gasteiger partial charge is 0.351 e. The van der Waals surface area contributed by atoms with Gasteiger partial charge >= 0.3 is 0 Å². The lowest BCUT2D eigenvalue weighted by Crippen LogP contribution is -2.32. The zero-order valence-electron chi connectivity index (χ0n) is 15.2. The van der Waals surface area contributed by atoms with E-state index in [-0.39, 0.29) is 4.05 Å². The minimum Gasteiger partial charge on any atom is -0.351 e. The number of aromatic nitrogens is 6. The van der Waals surface area contributed by atoms with Crippen molar-refractivity contribution in [3.05, 3.63) is 55.2 Å². The number of hydrogen-bond donors (Lipinski definition) is 3. The predicted molar refractivity (Wildman–Crippen MR) is 125 cm³/mol. The van der Waals surface area contributed by atoms with Crippen molar-refractivity contribution in [3.8, 4) is 5.69 Å². The van der Waals surface area contributed by atoms with E-state index in [0.717, 1.165) is 11.4 Å². The summed E-state index contributed by atoms with van der Waals surface area (Å²) in [6, 6.07) is 11.4. The Kier molecular flexibility index (Phi) is 5.76. The van der Waals surface area contributed by atoms with Crippen LogP contribution in [0.1, 0.15) is 6.92 Å². The molecule has 9 nitrogen and oxygen atoms in total. The minimum atomic E-state index is 0.208. The van der Waals surface area contributed by atoms with Gasteiger partial charge in [-0.3, -0.25) is 0 Å². The normalized spacial score (nSPS) is 11.8. The van der Waals surface area contributed by atoms with Crippen molar-refractivity contribution in [3.63, 3.8) is 0 Å². The topological polar surface area (TPSA) is 105 Å². The summed E-state index contributed by atoms with van der Waals surface area (Å²) in [5.74, 6) is 1.20. The van der Waals surface area contributed by atoms with Gasteiger partial charge in [-0.05, 0) is 55.5 Å². The van der Waals surface area contributed by atoms with Gasteiger partial charge in [0.1, 0.15) is 24.0 Å². The molecule has 0 bridgehead atoms. The van der Waals surface area contributed by atoms with Crippen LogP contribution in [0.3, 0.4) is 0 Å². The molecule has 0 amide bonds. The quantitative estimate of drug-likeness (QED) is 0.159. The molecule has 11 heteroatoms. The van der Waals surface area contributed by atoms with Crippen LogP contribution in [0.4, 0.5) is 17.3 Å². The Balaban J connectivity index is 1.51. The minimum absolute atomic E-state index is 0.208. The molecule has 3 heterocycles. The van der Waals surface area contributed by atoms with Crippen molar-refractivity contribution < 1.29 is 0 Å². The first-order chi connectivity index (χ1) is 14.1. The van der Waals surface area contributed by atoms with Gasteiger partial charge in [0, 0.05) is 5.69 Å². The molecule has 4 aromatic rings. The summed E-state index contributed by atoms with van der Waals surface area (Å²) in [5, 5.41) is 14.0. The van der Waals surface area contributed by atoms with Gasteiger partial charge < -0.3 is 16.0 Å². The third-order valence-electron chi connectivity index (χ3n) is 3.80. The van der Waals surface area contributed by atoms with E-state index in [1.54, 1.807) is 17.2 Å². The highest BCUT2D eigenvalue weighted by atomic mass is 127. The van der Waals surface area contributed by atoms with Crippen molar-refractivity contribution >= 4 is 68.4 Å². The van der Waals surface area contributed by atoms with Crippen LogP contribution in [0.15, 0.2) is 55.2 Å². The third-order valence-corrected chi connectivity index (χ3v) is 4.33. The number of anilines is 3. The fraction of sp³-hybridized carbons (Fsp3) is 0.111. The van der Waals surface area contributed by atoms with Crippen LogP contribution in [-0.4, -0.2) is 38.9 Å². The van der Waals surface area contributed by atoms with Crippen molar-refractivity contribution in [2.75, 3.05) is 10.6 Å². The molecule has 0 saturated heterocycles. The van der Waals surface area contributed by atoms with Crippen LogP contribution in [0, 0.1) is 0 Å². The van der Waals surface area contributed by atoms with Crippen molar-refractivity contribution in [2.24, 2.45) is 0 Å². The highest BCUT2D eigenvalue weighted by Crippen LogP contribution is 2.19. The number of rotatable bonds is 5. The maximum atomic E-state index is 5.26.